The highest BCUT2D eigenvalue weighted by atomic mass is 16.5. The molecule has 7 rings (SSSR count). The zero-order chi connectivity index (χ0) is 66.3. The lowest BCUT2D eigenvalue weighted by Gasteiger charge is -2.52. The molecule has 0 unspecified atom stereocenters. The van der Waals surface area contributed by atoms with Gasteiger partial charge in [-0.2, -0.15) is 0 Å². The number of nitrogens with zero attached hydrogens (tertiary/aromatic N) is 8. The van der Waals surface area contributed by atoms with Gasteiger partial charge >= 0.3 is 0 Å². The molecule has 0 bridgehead atoms. The van der Waals surface area contributed by atoms with Crippen LogP contribution in [-0.2, 0) is 43.6 Å². The first kappa shape index (κ1) is 69.5. The number of hydrogen-bond acceptors (Lipinski definition) is 9. The molecule has 0 aromatic heterocycles. The molecule has 1 saturated heterocycles. The third kappa shape index (κ3) is 17.7. The first-order chi connectivity index (χ1) is 43.2. The quantitative estimate of drug-likeness (QED) is 0.0520. The average molecular weight is 1240 g/mol. The number of carbonyl (C=O) groups is 8. The predicted molar refractivity (Wildman–Crippen MR) is 350 cm³/mol. The Morgan fingerprint density at radius 3 is 0.736 bits per heavy atom. The van der Waals surface area contributed by atoms with E-state index in [1.807, 2.05) is 217 Å². The SMILES string of the molecule is CC(=O)N(CC(=O)N(CC(=O)N(CC(=O)N(CC(=O)N(CC(=O)N(CC(=O)N(CC(N)=O)[C@@H](C)c1ccccc1)[C@@H](C)c1ccccc1)[C@@H](C)c1ccccc1)[C@@H](C)c1ccccc1)[C@@H](C)c1ccccc1)[C@@H](C)c1ccccc1)C1CC(C)(C)N([O])C(C)(C)C1. The van der Waals surface area contributed by atoms with Crippen molar-refractivity contribution in [3.8, 4) is 0 Å². The van der Waals surface area contributed by atoms with Crippen LogP contribution in [0.2, 0.25) is 0 Å². The highest BCUT2D eigenvalue weighted by Crippen LogP contribution is 2.40. The maximum absolute atomic E-state index is 15.8. The number of carbonyl (C=O) groups excluding carboxylic acids is 8. The summed E-state index contributed by atoms with van der Waals surface area (Å²) in [6.45, 7) is 16.0. The van der Waals surface area contributed by atoms with Crippen molar-refractivity contribution < 1.29 is 43.6 Å². The van der Waals surface area contributed by atoms with Gasteiger partial charge < -0.3 is 40.0 Å². The average Bonchev–Trinajstić information content (AvgIpc) is 1.66. The normalized spacial score (nSPS) is 15.7. The van der Waals surface area contributed by atoms with E-state index in [0.717, 1.165) is 16.2 Å². The van der Waals surface area contributed by atoms with Gasteiger partial charge in [-0.3, -0.25) is 38.4 Å². The molecule has 6 atom stereocenters. The second kappa shape index (κ2) is 31.2. The van der Waals surface area contributed by atoms with Gasteiger partial charge in [0.15, 0.2) is 0 Å². The third-order valence-corrected chi connectivity index (χ3v) is 18.0. The van der Waals surface area contributed by atoms with Crippen molar-refractivity contribution in [2.45, 2.75) is 142 Å². The van der Waals surface area contributed by atoms with Gasteiger partial charge in [-0.1, -0.05) is 182 Å². The van der Waals surface area contributed by atoms with Crippen molar-refractivity contribution in [3.05, 3.63) is 215 Å². The highest BCUT2D eigenvalue weighted by Gasteiger charge is 2.49. The molecule has 1 fully saturated rings. The zero-order valence-corrected chi connectivity index (χ0v) is 54.6. The number of primary amides is 1. The topological polar surface area (TPSA) is 208 Å². The Labute approximate surface area is 537 Å². The van der Waals surface area contributed by atoms with Gasteiger partial charge in [0, 0.05) is 24.0 Å². The molecule has 18 nitrogen and oxygen atoms in total. The van der Waals surface area contributed by atoms with Crippen LogP contribution >= 0.6 is 0 Å². The lowest BCUT2D eigenvalue weighted by atomic mass is 9.78. The summed E-state index contributed by atoms with van der Waals surface area (Å²) in [7, 11) is 0. The molecule has 1 radical (unpaired) electrons. The van der Waals surface area contributed by atoms with Crippen LogP contribution in [0.3, 0.4) is 0 Å². The van der Waals surface area contributed by atoms with E-state index in [1.54, 1.807) is 34.6 Å². The lowest BCUT2D eigenvalue weighted by molar-refractivity contribution is -0.293. The number of hydrogen-bond donors (Lipinski definition) is 1. The number of rotatable bonds is 27. The molecule has 0 saturated carbocycles. The van der Waals surface area contributed by atoms with Crippen LogP contribution in [0.4, 0.5) is 0 Å². The molecule has 1 aliphatic heterocycles. The first-order valence-electron chi connectivity index (χ1n) is 31.3. The van der Waals surface area contributed by atoms with Gasteiger partial charge in [0.25, 0.3) is 0 Å². The van der Waals surface area contributed by atoms with Crippen molar-refractivity contribution >= 4 is 47.3 Å². The number of piperidine rings is 1. The number of benzene rings is 6. The molecule has 1 aliphatic rings. The van der Waals surface area contributed by atoms with Crippen molar-refractivity contribution in [1.82, 2.24) is 39.4 Å². The molecular formula is C73H90N9O9. The summed E-state index contributed by atoms with van der Waals surface area (Å²) in [4.78, 5) is 129. The van der Waals surface area contributed by atoms with Gasteiger partial charge in [0.1, 0.15) is 39.3 Å². The summed E-state index contributed by atoms with van der Waals surface area (Å²) in [6.07, 6.45) is 0.620. The van der Waals surface area contributed by atoms with Crippen LogP contribution < -0.4 is 5.73 Å². The second-order valence-electron chi connectivity index (χ2n) is 25.2. The molecule has 481 valence electrons. The summed E-state index contributed by atoms with van der Waals surface area (Å²) in [5.41, 5.74) is 8.28. The summed E-state index contributed by atoms with van der Waals surface area (Å²) < 4.78 is 0. The summed E-state index contributed by atoms with van der Waals surface area (Å²) in [5, 5.41) is 14.5. The molecule has 6 aromatic rings. The molecule has 1 heterocycles. The van der Waals surface area contributed by atoms with Gasteiger partial charge in [0.05, 0.1) is 42.8 Å². The van der Waals surface area contributed by atoms with Crippen LogP contribution in [0.25, 0.3) is 0 Å². The molecule has 6 aromatic carbocycles. The Kier molecular flexibility index (Phi) is 23.8. The van der Waals surface area contributed by atoms with Crippen LogP contribution in [0.15, 0.2) is 182 Å². The van der Waals surface area contributed by atoms with Crippen molar-refractivity contribution in [1.29, 1.82) is 0 Å². The van der Waals surface area contributed by atoms with Crippen molar-refractivity contribution in [3.63, 3.8) is 0 Å². The zero-order valence-electron chi connectivity index (χ0n) is 54.6. The summed E-state index contributed by atoms with van der Waals surface area (Å²) >= 11 is 0. The molecule has 0 aliphatic carbocycles. The van der Waals surface area contributed by atoms with E-state index < -0.39 is 134 Å². The van der Waals surface area contributed by atoms with E-state index in [2.05, 4.69) is 0 Å². The largest absolute Gasteiger partial charge is 0.368 e. The second-order valence-corrected chi connectivity index (χ2v) is 25.2. The monoisotopic (exact) mass is 1240 g/mol. The van der Waals surface area contributed by atoms with Gasteiger partial charge in [0.2, 0.25) is 47.3 Å². The van der Waals surface area contributed by atoms with Crippen LogP contribution in [-0.4, -0.2) is 150 Å². The maximum Gasteiger partial charge on any atom is 0.243 e. The molecule has 0 spiro atoms. The Balaban J connectivity index is 1.25. The first-order valence-corrected chi connectivity index (χ1v) is 31.3. The fourth-order valence-electron chi connectivity index (χ4n) is 12.6. The molecule has 2 N–H and O–H groups in total. The number of hydroxylamine groups is 2. The fourth-order valence-corrected chi connectivity index (χ4v) is 12.6. The smallest absolute Gasteiger partial charge is 0.243 e. The van der Waals surface area contributed by atoms with E-state index in [9.17, 15) is 19.6 Å². The van der Waals surface area contributed by atoms with E-state index in [-0.39, 0.29) is 12.5 Å². The van der Waals surface area contributed by atoms with Crippen LogP contribution in [0.1, 0.15) is 159 Å². The molecule has 8 amide bonds. The van der Waals surface area contributed by atoms with Crippen molar-refractivity contribution in [2.75, 3.05) is 45.8 Å². The Morgan fingerprint density at radius 2 is 0.549 bits per heavy atom. The van der Waals surface area contributed by atoms with Gasteiger partial charge in [-0.15, -0.1) is 10.3 Å². The van der Waals surface area contributed by atoms with Crippen LogP contribution in [0, 0.1) is 0 Å². The van der Waals surface area contributed by atoms with Gasteiger partial charge in [-0.25, -0.2) is 0 Å². The maximum atomic E-state index is 15.8. The highest BCUT2D eigenvalue weighted by molar-refractivity contribution is 5.94. The van der Waals surface area contributed by atoms with Crippen LogP contribution in [0.5, 0.6) is 0 Å². The molecule has 91 heavy (non-hydrogen) atoms. The minimum Gasteiger partial charge on any atom is -0.368 e. The molecule has 18 heteroatoms. The number of nitrogens with two attached hydrogens (primary N) is 1. The third-order valence-electron chi connectivity index (χ3n) is 18.0. The molecular weight excluding hydrogens is 1150 g/mol. The lowest BCUT2D eigenvalue weighted by Crippen LogP contribution is -2.63. The van der Waals surface area contributed by atoms with E-state index in [4.69, 9.17) is 5.73 Å². The Hall–Kier alpha value is -9.00. The van der Waals surface area contributed by atoms with Gasteiger partial charge in [-0.05, 0) is 115 Å². The van der Waals surface area contributed by atoms with E-state index in [1.165, 1.54) is 41.2 Å². The fraction of sp³-hybridized carbons (Fsp3) is 0.397. The predicted octanol–water partition coefficient (Wildman–Crippen LogP) is 10.2. The minimum absolute atomic E-state index is 0.310. The van der Waals surface area contributed by atoms with E-state index >= 15 is 24.0 Å². The Bertz CT molecular complexity index is 3400. The van der Waals surface area contributed by atoms with E-state index in [0.29, 0.717) is 35.1 Å². The summed E-state index contributed by atoms with van der Waals surface area (Å²) in [5.74, 6) is -4.57. The van der Waals surface area contributed by atoms with Crippen molar-refractivity contribution in [2.24, 2.45) is 5.73 Å². The Morgan fingerprint density at radius 1 is 0.363 bits per heavy atom. The number of amides is 8. The minimum atomic E-state index is -0.854. The standard InChI is InChI=1S/C73H90N9O9/c1-51(58-30-18-12-19-31-58)75(44-65(74)84)66(85)45-76(52(2)59-32-20-13-21-33-59)67(86)46-77(53(3)60-34-22-14-23-35-60)68(87)47-78(54(4)61-36-24-15-25-37-61)69(88)48-79(55(5)62-38-26-16-27-39-62)70(89)49-80(56(6)63-40-28-17-29-41-63)71(90)50-81(57(7)83)64-42-72(8,9)82(91)73(10,11)43-64/h12-41,51-56,64H,42-50H2,1-11H3,(H2,74,84)/t51-,52-,53-,54-,55-,56-/m0/s1. The summed E-state index contributed by atoms with van der Waals surface area (Å²) in [6, 6.07) is 50.2.